The van der Waals surface area contributed by atoms with E-state index in [1.165, 1.54) is 0 Å². The summed E-state index contributed by atoms with van der Waals surface area (Å²) in [5.74, 6) is -2.12. The largest absolute Gasteiger partial charge is 0.480 e. The third-order valence-corrected chi connectivity index (χ3v) is 0.552. The van der Waals surface area contributed by atoms with Crippen LogP contribution in [-0.4, -0.2) is 35.2 Å². The Morgan fingerprint density at radius 2 is 1.40 bits per heavy atom. The summed E-state index contributed by atoms with van der Waals surface area (Å²) in [5, 5.41) is 18.1. The van der Waals surface area contributed by atoms with Gasteiger partial charge >= 0.3 is 11.9 Å². The Labute approximate surface area is 67.9 Å². The zero-order valence-corrected chi connectivity index (χ0v) is 6.18. The first kappa shape index (κ1) is 12.1. The van der Waals surface area contributed by atoms with Crippen LogP contribution >= 0.6 is 0 Å². The summed E-state index contributed by atoms with van der Waals surface area (Å²) in [4.78, 5) is 19.5. The molecule has 59 valence electrons. The normalized spacial score (nSPS) is 8.00. The van der Waals surface area contributed by atoms with Gasteiger partial charge in [0.25, 0.3) is 0 Å². The van der Waals surface area contributed by atoms with Crippen molar-refractivity contribution >= 4 is 11.9 Å². The van der Waals surface area contributed by atoms with E-state index in [-0.39, 0.29) is 30.2 Å². The second kappa shape index (κ2) is 6.54. The molecule has 5 nitrogen and oxygen atoms in total. The van der Waals surface area contributed by atoms with Gasteiger partial charge in [-0.1, -0.05) is 0 Å². The summed E-state index contributed by atoms with van der Waals surface area (Å²) in [6.45, 7) is -0.626. The van der Waals surface area contributed by atoms with E-state index < -0.39 is 11.9 Å². The van der Waals surface area contributed by atoms with Crippen molar-refractivity contribution in [1.29, 1.82) is 0 Å². The van der Waals surface area contributed by atoms with E-state index in [0.717, 1.165) is 0 Å². The minimum absolute atomic E-state index is 0. The molecule has 3 N–H and O–H groups in total. The van der Waals surface area contributed by atoms with Crippen LogP contribution in [-0.2, 0) is 26.7 Å². The van der Waals surface area contributed by atoms with Crippen LogP contribution < -0.4 is 5.32 Å². The number of carbonyl (C=O) groups is 2. The molecule has 0 aliphatic carbocycles. The third-order valence-electron chi connectivity index (χ3n) is 0.552. The first-order valence-electron chi connectivity index (χ1n) is 2.27. The van der Waals surface area contributed by atoms with Crippen molar-refractivity contribution in [2.24, 2.45) is 0 Å². The molecule has 0 saturated carbocycles. The van der Waals surface area contributed by atoms with Crippen LogP contribution in [0.5, 0.6) is 0 Å². The van der Waals surface area contributed by atoms with Crippen molar-refractivity contribution in [3.8, 4) is 0 Å². The summed E-state index contributed by atoms with van der Waals surface area (Å²) in [5.41, 5.74) is 0. The molecule has 0 saturated heterocycles. The van der Waals surface area contributed by atoms with Crippen LogP contribution in [0.1, 0.15) is 0 Å². The molecule has 0 aliphatic heterocycles. The molecule has 0 fully saturated rings. The van der Waals surface area contributed by atoms with Gasteiger partial charge in [-0.3, -0.25) is 14.9 Å². The number of carboxylic acids is 2. The molecular formula is C4H7MnNO4. The molecule has 0 rings (SSSR count). The summed E-state index contributed by atoms with van der Waals surface area (Å²) < 4.78 is 0. The monoisotopic (exact) mass is 188 g/mol. The Morgan fingerprint density at radius 1 is 1.10 bits per heavy atom. The number of nitrogens with one attached hydrogen (secondary N) is 1. The Morgan fingerprint density at radius 3 is 1.60 bits per heavy atom. The van der Waals surface area contributed by atoms with Crippen molar-refractivity contribution in [1.82, 2.24) is 5.32 Å². The second-order valence-electron chi connectivity index (χ2n) is 1.39. The van der Waals surface area contributed by atoms with Gasteiger partial charge in [0.15, 0.2) is 0 Å². The Hall–Kier alpha value is -0.581. The number of carboxylic acid groups (broad SMARTS) is 2. The molecule has 6 heteroatoms. The number of hydrogen-bond donors (Lipinski definition) is 3. The van der Waals surface area contributed by atoms with Crippen LogP contribution in [0.4, 0.5) is 0 Å². The Balaban J connectivity index is 0. The molecule has 0 aromatic carbocycles. The second-order valence-corrected chi connectivity index (χ2v) is 1.39. The van der Waals surface area contributed by atoms with Gasteiger partial charge in [-0.15, -0.1) is 0 Å². The maximum Gasteiger partial charge on any atom is 0.317 e. The van der Waals surface area contributed by atoms with Crippen LogP contribution in [0.2, 0.25) is 0 Å². The fourth-order valence-corrected chi connectivity index (χ4v) is 0.276. The van der Waals surface area contributed by atoms with E-state index >= 15 is 0 Å². The fourth-order valence-electron chi connectivity index (χ4n) is 0.276. The molecule has 10 heavy (non-hydrogen) atoms. The molecule has 1 radical (unpaired) electrons. The van der Waals surface area contributed by atoms with Crippen LogP contribution in [0, 0.1) is 0 Å². The Kier molecular flexibility index (Phi) is 7.93. The van der Waals surface area contributed by atoms with Gasteiger partial charge in [0, 0.05) is 17.1 Å². The smallest absolute Gasteiger partial charge is 0.317 e. The fraction of sp³-hybridized carbons (Fsp3) is 0.500. The number of hydrogen-bond acceptors (Lipinski definition) is 3. The SMILES string of the molecule is O=C(O)CNCC(=O)O.[Mn]. The van der Waals surface area contributed by atoms with Crippen LogP contribution in [0.3, 0.4) is 0 Å². The van der Waals surface area contributed by atoms with E-state index in [0.29, 0.717) is 0 Å². The molecule has 0 amide bonds. The first-order valence-corrected chi connectivity index (χ1v) is 2.27. The first-order chi connectivity index (χ1) is 4.13. The molecule has 0 aliphatic rings. The summed E-state index contributed by atoms with van der Waals surface area (Å²) >= 11 is 0. The standard InChI is InChI=1S/C4H7NO4.Mn/c6-3(7)1-5-2-4(8)9;/h5H,1-2H2,(H,6,7)(H,8,9);. The van der Waals surface area contributed by atoms with E-state index in [1.54, 1.807) is 0 Å². The summed E-state index contributed by atoms with van der Waals surface area (Å²) in [6, 6.07) is 0. The predicted octanol–water partition coefficient (Wildman–Crippen LogP) is -1.26. The average molecular weight is 188 g/mol. The zero-order valence-electron chi connectivity index (χ0n) is 5.00. The van der Waals surface area contributed by atoms with Gasteiger partial charge < -0.3 is 10.2 Å². The van der Waals surface area contributed by atoms with Crippen molar-refractivity contribution in [3.63, 3.8) is 0 Å². The minimum atomic E-state index is -1.06. The van der Waals surface area contributed by atoms with Gasteiger partial charge in [0.2, 0.25) is 0 Å². The van der Waals surface area contributed by atoms with E-state index in [9.17, 15) is 9.59 Å². The number of rotatable bonds is 4. The molecule has 0 heterocycles. The molecule has 0 aromatic heterocycles. The van der Waals surface area contributed by atoms with Crippen molar-refractivity contribution in [2.75, 3.05) is 13.1 Å². The van der Waals surface area contributed by atoms with Gasteiger partial charge in [-0.05, 0) is 0 Å². The topological polar surface area (TPSA) is 86.6 Å². The van der Waals surface area contributed by atoms with E-state index in [4.69, 9.17) is 10.2 Å². The minimum Gasteiger partial charge on any atom is -0.480 e. The number of aliphatic carboxylic acids is 2. The maximum absolute atomic E-state index is 9.73. The van der Waals surface area contributed by atoms with E-state index in [2.05, 4.69) is 5.32 Å². The molecule has 0 aromatic rings. The Bertz CT molecular complexity index is 112. The van der Waals surface area contributed by atoms with Crippen LogP contribution in [0.25, 0.3) is 0 Å². The molecule has 0 bridgehead atoms. The van der Waals surface area contributed by atoms with Gasteiger partial charge in [-0.25, -0.2) is 0 Å². The third kappa shape index (κ3) is 10.4. The quantitative estimate of drug-likeness (QED) is 0.479. The summed E-state index contributed by atoms with van der Waals surface area (Å²) in [7, 11) is 0. The maximum atomic E-state index is 9.73. The van der Waals surface area contributed by atoms with Crippen molar-refractivity contribution in [3.05, 3.63) is 0 Å². The summed E-state index contributed by atoms with van der Waals surface area (Å²) in [6.07, 6.45) is 0. The zero-order chi connectivity index (χ0) is 7.28. The van der Waals surface area contributed by atoms with Gasteiger partial charge in [-0.2, -0.15) is 0 Å². The molecule has 0 atom stereocenters. The molecule has 0 unspecified atom stereocenters. The average Bonchev–Trinajstić information content (AvgIpc) is 1.63. The van der Waals surface area contributed by atoms with Crippen molar-refractivity contribution in [2.45, 2.75) is 0 Å². The predicted molar refractivity (Wildman–Crippen MR) is 28.1 cm³/mol. The van der Waals surface area contributed by atoms with E-state index in [1.807, 2.05) is 0 Å². The molecule has 0 spiro atoms. The van der Waals surface area contributed by atoms with Gasteiger partial charge in [0.05, 0.1) is 13.1 Å². The van der Waals surface area contributed by atoms with Gasteiger partial charge in [0.1, 0.15) is 0 Å². The van der Waals surface area contributed by atoms with Crippen LogP contribution in [0.15, 0.2) is 0 Å². The molecular weight excluding hydrogens is 181 g/mol. The van der Waals surface area contributed by atoms with Crippen molar-refractivity contribution < 1.29 is 36.9 Å².